The van der Waals surface area contributed by atoms with Crippen molar-refractivity contribution in [2.24, 2.45) is 0 Å². The number of hydrogen-bond acceptors (Lipinski definition) is 4. The number of rotatable bonds is 2. The van der Waals surface area contributed by atoms with E-state index < -0.39 is 0 Å². The van der Waals surface area contributed by atoms with E-state index in [1.165, 1.54) is 0 Å². The van der Waals surface area contributed by atoms with Gasteiger partial charge in [0.2, 0.25) is 6.79 Å². The van der Waals surface area contributed by atoms with Crippen molar-refractivity contribution in [2.75, 3.05) is 6.79 Å². The number of hydrogen-bond donors (Lipinski definition) is 0. The molecule has 1 aromatic heterocycles. The molecule has 5 heteroatoms. The highest BCUT2D eigenvalue weighted by Gasteiger charge is 2.15. The molecule has 4 rings (SSSR count). The van der Waals surface area contributed by atoms with Gasteiger partial charge in [-0.1, -0.05) is 28.1 Å². The van der Waals surface area contributed by atoms with E-state index in [1.54, 1.807) is 11.3 Å². The van der Waals surface area contributed by atoms with Crippen molar-refractivity contribution in [1.29, 1.82) is 0 Å². The molecule has 0 unspecified atom stereocenters. The first kappa shape index (κ1) is 12.9. The zero-order valence-electron chi connectivity index (χ0n) is 10.9. The van der Waals surface area contributed by atoms with Crippen molar-refractivity contribution in [3.63, 3.8) is 0 Å². The zero-order valence-corrected chi connectivity index (χ0v) is 13.3. The van der Waals surface area contributed by atoms with Crippen LogP contribution in [0.2, 0.25) is 0 Å². The van der Waals surface area contributed by atoms with Gasteiger partial charge in [0, 0.05) is 21.0 Å². The number of halogens is 1. The standard InChI is InChI=1S/C16H10BrNO2S/c17-12-4-1-10(2-5-12)13-8-21-16(18-13)11-3-6-14-15(7-11)20-9-19-14/h1-8H,9H2. The number of nitrogens with zero attached hydrogens (tertiary/aromatic N) is 1. The van der Waals surface area contributed by atoms with Gasteiger partial charge in [0.25, 0.3) is 0 Å². The van der Waals surface area contributed by atoms with Crippen LogP contribution >= 0.6 is 27.3 Å². The molecule has 3 aromatic rings. The Labute approximate surface area is 134 Å². The van der Waals surface area contributed by atoms with Gasteiger partial charge in [-0.05, 0) is 30.3 Å². The molecule has 0 fully saturated rings. The molecule has 0 spiro atoms. The summed E-state index contributed by atoms with van der Waals surface area (Å²) < 4.78 is 11.8. The molecule has 3 nitrogen and oxygen atoms in total. The highest BCUT2D eigenvalue weighted by atomic mass is 79.9. The number of thiazole rings is 1. The van der Waals surface area contributed by atoms with Gasteiger partial charge in [-0.15, -0.1) is 11.3 Å². The third-order valence-corrected chi connectivity index (χ3v) is 4.68. The van der Waals surface area contributed by atoms with E-state index in [0.29, 0.717) is 6.79 Å². The van der Waals surface area contributed by atoms with Gasteiger partial charge in [0.15, 0.2) is 11.5 Å². The maximum Gasteiger partial charge on any atom is 0.231 e. The average molecular weight is 360 g/mol. The predicted octanol–water partition coefficient (Wildman–Crippen LogP) is 4.97. The summed E-state index contributed by atoms with van der Waals surface area (Å²) in [4.78, 5) is 4.71. The number of fused-ring (bicyclic) bond motifs is 1. The minimum absolute atomic E-state index is 0.292. The Hall–Kier alpha value is -1.85. The summed E-state index contributed by atoms with van der Waals surface area (Å²) in [6.45, 7) is 0.292. The lowest BCUT2D eigenvalue weighted by molar-refractivity contribution is 0.174. The van der Waals surface area contributed by atoms with E-state index in [0.717, 1.165) is 37.8 Å². The van der Waals surface area contributed by atoms with Gasteiger partial charge in [-0.3, -0.25) is 0 Å². The molecular formula is C16H10BrNO2S. The van der Waals surface area contributed by atoms with Crippen LogP contribution in [-0.2, 0) is 0 Å². The van der Waals surface area contributed by atoms with Crippen LogP contribution in [0.15, 0.2) is 52.3 Å². The molecule has 0 N–H and O–H groups in total. The van der Waals surface area contributed by atoms with E-state index >= 15 is 0 Å². The van der Waals surface area contributed by atoms with Crippen molar-refractivity contribution in [2.45, 2.75) is 0 Å². The maximum absolute atomic E-state index is 5.41. The van der Waals surface area contributed by atoms with Gasteiger partial charge < -0.3 is 9.47 Å². The fourth-order valence-corrected chi connectivity index (χ4v) is 3.28. The molecule has 1 aliphatic heterocycles. The summed E-state index contributed by atoms with van der Waals surface area (Å²) >= 11 is 5.07. The maximum atomic E-state index is 5.41. The molecule has 0 saturated heterocycles. The summed E-state index contributed by atoms with van der Waals surface area (Å²) in [5, 5.41) is 3.05. The van der Waals surface area contributed by atoms with E-state index in [9.17, 15) is 0 Å². The molecule has 0 saturated carbocycles. The summed E-state index contributed by atoms with van der Waals surface area (Å²) in [5.74, 6) is 1.58. The van der Waals surface area contributed by atoms with Crippen molar-refractivity contribution in [3.05, 3.63) is 52.3 Å². The molecule has 2 heterocycles. The number of aromatic nitrogens is 1. The summed E-state index contributed by atoms with van der Waals surface area (Å²) in [6, 6.07) is 14.1. The summed E-state index contributed by atoms with van der Waals surface area (Å²) in [5.41, 5.74) is 3.15. The first-order chi connectivity index (χ1) is 10.3. The molecule has 1 aliphatic rings. The quantitative estimate of drug-likeness (QED) is 0.647. The molecule has 0 aliphatic carbocycles. The van der Waals surface area contributed by atoms with Crippen LogP contribution in [0.3, 0.4) is 0 Å². The Morgan fingerprint density at radius 1 is 0.952 bits per heavy atom. The van der Waals surface area contributed by atoms with Crippen LogP contribution < -0.4 is 9.47 Å². The third kappa shape index (κ3) is 2.43. The minimum Gasteiger partial charge on any atom is -0.454 e. The van der Waals surface area contributed by atoms with Crippen LogP contribution in [0.4, 0.5) is 0 Å². The minimum atomic E-state index is 0.292. The van der Waals surface area contributed by atoms with Crippen LogP contribution in [0.25, 0.3) is 21.8 Å². The SMILES string of the molecule is Brc1ccc(-c2csc(-c3ccc4c(c3)OCO4)n2)cc1. The monoisotopic (exact) mass is 359 g/mol. The van der Waals surface area contributed by atoms with E-state index in [-0.39, 0.29) is 0 Å². The zero-order chi connectivity index (χ0) is 14.2. The van der Waals surface area contributed by atoms with Crippen LogP contribution in [0.1, 0.15) is 0 Å². The molecular weight excluding hydrogens is 350 g/mol. The summed E-state index contributed by atoms with van der Waals surface area (Å²) in [7, 11) is 0. The second kappa shape index (κ2) is 5.16. The van der Waals surface area contributed by atoms with Gasteiger partial charge >= 0.3 is 0 Å². The first-order valence-corrected chi connectivity index (χ1v) is 8.08. The third-order valence-electron chi connectivity index (χ3n) is 3.26. The van der Waals surface area contributed by atoms with E-state index in [2.05, 4.69) is 33.4 Å². The molecule has 0 amide bonds. The molecule has 0 radical (unpaired) electrons. The number of benzene rings is 2. The smallest absolute Gasteiger partial charge is 0.231 e. The lowest BCUT2D eigenvalue weighted by Crippen LogP contribution is -1.92. The van der Waals surface area contributed by atoms with Crippen molar-refractivity contribution in [1.82, 2.24) is 4.98 Å². The highest BCUT2D eigenvalue weighted by Crippen LogP contribution is 2.37. The van der Waals surface area contributed by atoms with Gasteiger partial charge in [-0.25, -0.2) is 4.98 Å². The Morgan fingerprint density at radius 3 is 2.57 bits per heavy atom. The Morgan fingerprint density at radius 2 is 1.71 bits per heavy atom. The van der Waals surface area contributed by atoms with Crippen molar-refractivity contribution < 1.29 is 9.47 Å². The van der Waals surface area contributed by atoms with E-state index in [4.69, 9.17) is 14.5 Å². The molecule has 0 atom stereocenters. The second-order valence-electron chi connectivity index (χ2n) is 4.61. The largest absolute Gasteiger partial charge is 0.454 e. The lowest BCUT2D eigenvalue weighted by atomic mass is 10.2. The fourth-order valence-electron chi connectivity index (χ4n) is 2.19. The molecule has 21 heavy (non-hydrogen) atoms. The molecule has 0 bridgehead atoms. The van der Waals surface area contributed by atoms with Crippen LogP contribution in [-0.4, -0.2) is 11.8 Å². The Bertz CT molecular complexity index is 798. The Balaban J connectivity index is 1.69. The molecule has 2 aromatic carbocycles. The fraction of sp³-hybridized carbons (Fsp3) is 0.0625. The van der Waals surface area contributed by atoms with Crippen molar-refractivity contribution in [3.8, 4) is 33.3 Å². The first-order valence-electron chi connectivity index (χ1n) is 6.41. The van der Waals surface area contributed by atoms with Crippen molar-refractivity contribution >= 4 is 27.3 Å². The van der Waals surface area contributed by atoms with Gasteiger partial charge in [0.1, 0.15) is 5.01 Å². The number of ether oxygens (including phenoxy) is 2. The highest BCUT2D eigenvalue weighted by molar-refractivity contribution is 9.10. The van der Waals surface area contributed by atoms with E-state index in [1.807, 2.05) is 30.3 Å². The second-order valence-corrected chi connectivity index (χ2v) is 6.39. The molecule has 104 valence electrons. The Kier molecular flexibility index (Phi) is 3.16. The normalized spacial score (nSPS) is 12.6. The van der Waals surface area contributed by atoms with Crippen LogP contribution in [0, 0.1) is 0 Å². The topological polar surface area (TPSA) is 31.4 Å². The lowest BCUT2D eigenvalue weighted by Gasteiger charge is -1.99. The average Bonchev–Trinajstić information content (AvgIpc) is 3.16. The van der Waals surface area contributed by atoms with Gasteiger partial charge in [-0.2, -0.15) is 0 Å². The van der Waals surface area contributed by atoms with Gasteiger partial charge in [0.05, 0.1) is 5.69 Å². The summed E-state index contributed by atoms with van der Waals surface area (Å²) in [6.07, 6.45) is 0. The van der Waals surface area contributed by atoms with Crippen LogP contribution in [0.5, 0.6) is 11.5 Å². The predicted molar refractivity (Wildman–Crippen MR) is 86.8 cm³/mol.